The van der Waals surface area contributed by atoms with Gasteiger partial charge in [-0.1, -0.05) is 0 Å². The van der Waals surface area contributed by atoms with Gasteiger partial charge in [0.1, 0.15) is 5.75 Å². The first-order valence-corrected chi connectivity index (χ1v) is 4.70. The van der Waals surface area contributed by atoms with Crippen molar-refractivity contribution < 1.29 is 14.3 Å². The van der Waals surface area contributed by atoms with E-state index >= 15 is 0 Å². The van der Waals surface area contributed by atoms with Gasteiger partial charge in [-0.25, -0.2) is 0 Å². The smallest absolute Gasteiger partial charge is 0.265 e. The number of hydrogen-bond donors (Lipinski definition) is 1. The Balaban J connectivity index is 2.41. The van der Waals surface area contributed by atoms with Gasteiger partial charge in [-0.15, -0.1) is 0 Å². The van der Waals surface area contributed by atoms with E-state index in [1.54, 1.807) is 25.1 Å². The van der Waals surface area contributed by atoms with Crippen LogP contribution in [-0.4, -0.2) is 17.8 Å². The van der Waals surface area contributed by atoms with Crippen LogP contribution in [0, 0.1) is 0 Å². The van der Waals surface area contributed by atoms with Crippen LogP contribution in [0.4, 0.5) is 5.69 Å². The highest BCUT2D eigenvalue weighted by Crippen LogP contribution is 2.30. The predicted molar refractivity (Wildman–Crippen MR) is 55.2 cm³/mol. The lowest BCUT2D eigenvalue weighted by molar-refractivity contribution is -0.122. The molecule has 15 heavy (non-hydrogen) atoms. The minimum Gasteiger partial charge on any atom is -0.479 e. The second-order valence-corrected chi connectivity index (χ2v) is 3.52. The Morgan fingerprint density at radius 2 is 2.20 bits per heavy atom. The second-order valence-electron chi connectivity index (χ2n) is 3.52. The van der Waals surface area contributed by atoms with Gasteiger partial charge in [-0.05, 0) is 32.0 Å². The molecule has 0 fully saturated rings. The topological polar surface area (TPSA) is 55.4 Å². The van der Waals surface area contributed by atoms with Crippen molar-refractivity contribution >= 4 is 17.4 Å². The van der Waals surface area contributed by atoms with Gasteiger partial charge in [0.15, 0.2) is 11.9 Å². The van der Waals surface area contributed by atoms with E-state index in [2.05, 4.69) is 5.32 Å². The van der Waals surface area contributed by atoms with E-state index in [1.165, 1.54) is 6.92 Å². The standard InChI is InChI=1S/C11H11NO3/c1-6(13)8-3-4-9-10(5-8)15-7(2)11(14)12-9/h3-5,7H,1-2H3,(H,12,14). The summed E-state index contributed by atoms with van der Waals surface area (Å²) in [5.74, 6) is 0.360. The number of benzene rings is 1. The Labute approximate surface area is 87.2 Å². The largest absolute Gasteiger partial charge is 0.479 e. The Bertz CT molecular complexity index is 439. The summed E-state index contributed by atoms with van der Waals surface area (Å²) in [6.45, 7) is 3.16. The lowest BCUT2D eigenvalue weighted by Gasteiger charge is -2.23. The number of ketones is 1. The molecule has 1 unspecified atom stereocenters. The van der Waals surface area contributed by atoms with Crippen molar-refractivity contribution in [2.45, 2.75) is 20.0 Å². The van der Waals surface area contributed by atoms with Crippen molar-refractivity contribution in [3.8, 4) is 5.75 Å². The SMILES string of the molecule is CC(=O)c1ccc2c(c1)OC(C)C(=O)N2. The molecule has 0 aromatic heterocycles. The zero-order valence-electron chi connectivity index (χ0n) is 8.53. The zero-order valence-corrected chi connectivity index (χ0v) is 8.53. The number of rotatable bonds is 1. The Hall–Kier alpha value is -1.84. The van der Waals surface area contributed by atoms with Crippen LogP contribution in [0.3, 0.4) is 0 Å². The van der Waals surface area contributed by atoms with Crippen molar-refractivity contribution in [3.05, 3.63) is 23.8 Å². The summed E-state index contributed by atoms with van der Waals surface area (Å²) in [5, 5.41) is 2.70. The average molecular weight is 205 g/mol. The number of hydrogen-bond acceptors (Lipinski definition) is 3. The van der Waals surface area contributed by atoms with Crippen molar-refractivity contribution in [2.24, 2.45) is 0 Å². The fourth-order valence-corrected chi connectivity index (χ4v) is 1.42. The van der Waals surface area contributed by atoms with Gasteiger partial charge in [-0.3, -0.25) is 9.59 Å². The van der Waals surface area contributed by atoms with Crippen LogP contribution in [-0.2, 0) is 4.79 Å². The molecular formula is C11H11NO3. The molecule has 1 aromatic carbocycles. The van der Waals surface area contributed by atoms with Crippen molar-refractivity contribution in [1.29, 1.82) is 0 Å². The van der Waals surface area contributed by atoms with Crippen LogP contribution in [0.2, 0.25) is 0 Å². The van der Waals surface area contributed by atoms with E-state index in [-0.39, 0.29) is 11.7 Å². The van der Waals surface area contributed by atoms with E-state index in [9.17, 15) is 9.59 Å². The molecule has 0 aliphatic carbocycles. The minimum atomic E-state index is -0.514. The lowest BCUT2D eigenvalue weighted by atomic mass is 10.1. The first-order valence-electron chi connectivity index (χ1n) is 4.70. The highest BCUT2D eigenvalue weighted by molar-refractivity contribution is 6.00. The van der Waals surface area contributed by atoms with Crippen LogP contribution in [0.25, 0.3) is 0 Å². The molecule has 1 aliphatic heterocycles. The second kappa shape index (κ2) is 3.38. The van der Waals surface area contributed by atoms with Gasteiger partial charge >= 0.3 is 0 Å². The molecule has 4 nitrogen and oxygen atoms in total. The molecule has 0 saturated carbocycles. The summed E-state index contributed by atoms with van der Waals surface area (Å²) in [6.07, 6.45) is -0.514. The third-order valence-electron chi connectivity index (χ3n) is 2.32. The molecule has 0 radical (unpaired) electrons. The molecule has 1 aliphatic rings. The summed E-state index contributed by atoms with van der Waals surface area (Å²) >= 11 is 0. The molecule has 0 spiro atoms. The highest BCUT2D eigenvalue weighted by Gasteiger charge is 2.23. The van der Waals surface area contributed by atoms with Crippen LogP contribution < -0.4 is 10.1 Å². The monoisotopic (exact) mass is 205 g/mol. The molecule has 0 saturated heterocycles. The number of ether oxygens (including phenoxy) is 1. The van der Waals surface area contributed by atoms with E-state index in [4.69, 9.17) is 4.74 Å². The molecule has 1 atom stereocenters. The molecule has 1 heterocycles. The van der Waals surface area contributed by atoms with Crippen molar-refractivity contribution in [1.82, 2.24) is 0 Å². The molecular weight excluding hydrogens is 194 g/mol. The number of carbonyl (C=O) groups excluding carboxylic acids is 2. The van der Waals surface area contributed by atoms with E-state index in [0.29, 0.717) is 17.0 Å². The molecule has 0 bridgehead atoms. The maximum Gasteiger partial charge on any atom is 0.265 e. The Kier molecular flexibility index (Phi) is 2.19. The third kappa shape index (κ3) is 1.70. The number of amides is 1. The third-order valence-corrected chi connectivity index (χ3v) is 2.32. The lowest BCUT2D eigenvalue weighted by Crippen LogP contribution is -2.34. The Morgan fingerprint density at radius 1 is 1.47 bits per heavy atom. The highest BCUT2D eigenvalue weighted by atomic mass is 16.5. The maximum atomic E-state index is 11.3. The normalized spacial score (nSPS) is 18.8. The van der Waals surface area contributed by atoms with Gasteiger partial charge < -0.3 is 10.1 Å². The quantitative estimate of drug-likeness (QED) is 0.708. The van der Waals surface area contributed by atoms with Gasteiger partial charge in [-0.2, -0.15) is 0 Å². The van der Waals surface area contributed by atoms with Crippen LogP contribution in [0.5, 0.6) is 5.75 Å². The first kappa shape index (κ1) is 9.71. The van der Waals surface area contributed by atoms with Crippen molar-refractivity contribution in [3.63, 3.8) is 0 Å². The zero-order chi connectivity index (χ0) is 11.0. The van der Waals surface area contributed by atoms with Gasteiger partial charge in [0.2, 0.25) is 0 Å². The number of fused-ring (bicyclic) bond motifs is 1. The number of anilines is 1. The number of nitrogens with one attached hydrogen (secondary N) is 1. The minimum absolute atomic E-state index is 0.0223. The summed E-state index contributed by atoms with van der Waals surface area (Å²) in [5.41, 5.74) is 1.19. The maximum absolute atomic E-state index is 11.3. The molecule has 78 valence electrons. The van der Waals surface area contributed by atoms with Gasteiger partial charge in [0.25, 0.3) is 5.91 Å². The number of carbonyl (C=O) groups is 2. The fraction of sp³-hybridized carbons (Fsp3) is 0.273. The van der Waals surface area contributed by atoms with Gasteiger partial charge in [0.05, 0.1) is 5.69 Å². The van der Waals surface area contributed by atoms with Crippen LogP contribution >= 0.6 is 0 Å². The molecule has 1 aromatic rings. The predicted octanol–water partition coefficient (Wildman–Crippen LogP) is 1.61. The molecule has 2 rings (SSSR count). The van der Waals surface area contributed by atoms with E-state index < -0.39 is 6.10 Å². The summed E-state index contributed by atoms with van der Waals surface area (Å²) < 4.78 is 5.37. The summed E-state index contributed by atoms with van der Waals surface area (Å²) in [6, 6.07) is 4.99. The fourth-order valence-electron chi connectivity index (χ4n) is 1.42. The number of Topliss-reactive ketones (excluding diaryl/α,β-unsaturated/α-hetero) is 1. The molecule has 1 N–H and O–H groups in total. The van der Waals surface area contributed by atoms with E-state index in [0.717, 1.165) is 0 Å². The van der Waals surface area contributed by atoms with E-state index in [1.807, 2.05) is 0 Å². The van der Waals surface area contributed by atoms with Crippen LogP contribution in [0.1, 0.15) is 24.2 Å². The molecule has 4 heteroatoms. The van der Waals surface area contributed by atoms with Crippen LogP contribution in [0.15, 0.2) is 18.2 Å². The summed E-state index contributed by atoms with van der Waals surface area (Å²) in [7, 11) is 0. The van der Waals surface area contributed by atoms with Gasteiger partial charge in [0, 0.05) is 5.56 Å². The Morgan fingerprint density at radius 3 is 2.87 bits per heavy atom. The molecule has 1 amide bonds. The first-order chi connectivity index (χ1) is 7.08. The summed E-state index contributed by atoms with van der Waals surface area (Å²) in [4.78, 5) is 22.4. The van der Waals surface area contributed by atoms with Crippen molar-refractivity contribution in [2.75, 3.05) is 5.32 Å². The average Bonchev–Trinajstić information content (AvgIpc) is 2.19.